The van der Waals surface area contributed by atoms with Gasteiger partial charge in [0.2, 0.25) is 0 Å². The Morgan fingerprint density at radius 2 is 2.03 bits per heavy atom. The summed E-state index contributed by atoms with van der Waals surface area (Å²) >= 11 is 1.51. The van der Waals surface area contributed by atoms with Crippen molar-refractivity contribution in [2.24, 2.45) is 17.9 Å². The first-order valence-corrected chi connectivity index (χ1v) is 13.1. The highest BCUT2D eigenvalue weighted by atomic mass is 32.1. The number of fused-ring (bicyclic) bond motifs is 2. The summed E-state index contributed by atoms with van der Waals surface area (Å²) in [5.41, 5.74) is 2.95. The van der Waals surface area contributed by atoms with Crippen molar-refractivity contribution < 1.29 is 4.79 Å². The highest BCUT2D eigenvalue weighted by Crippen LogP contribution is 2.42. The lowest BCUT2D eigenvalue weighted by molar-refractivity contribution is 0.0832. The lowest BCUT2D eigenvalue weighted by Crippen LogP contribution is -2.48. The van der Waals surface area contributed by atoms with Gasteiger partial charge >= 0.3 is 5.69 Å². The van der Waals surface area contributed by atoms with Crippen molar-refractivity contribution >= 4 is 33.4 Å². The molecule has 8 nitrogen and oxygen atoms in total. The molecule has 0 bridgehead atoms. The smallest absolute Gasteiger partial charge is 0.330 e. The van der Waals surface area contributed by atoms with Gasteiger partial charge in [-0.25, -0.2) is 14.8 Å². The van der Waals surface area contributed by atoms with E-state index in [-0.39, 0.29) is 34.4 Å². The minimum absolute atomic E-state index is 0.000269. The number of aryl methyl sites for hydroxylation is 1. The molecule has 0 aliphatic heterocycles. The molecular formula is C26H34N6O2S. The van der Waals surface area contributed by atoms with E-state index in [1.165, 1.54) is 11.3 Å². The van der Waals surface area contributed by atoms with Crippen LogP contribution < -0.4 is 11.0 Å². The zero-order chi connectivity index (χ0) is 25.1. The Balaban J connectivity index is 1.40. The minimum atomic E-state index is -0.135. The molecule has 2 atom stereocenters. The van der Waals surface area contributed by atoms with E-state index in [9.17, 15) is 9.59 Å². The van der Waals surface area contributed by atoms with Crippen molar-refractivity contribution in [3.63, 3.8) is 0 Å². The van der Waals surface area contributed by atoms with Crippen molar-refractivity contribution in [2.45, 2.75) is 72.4 Å². The zero-order valence-corrected chi connectivity index (χ0v) is 22.1. The number of hydrogen-bond acceptors (Lipinski definition) is 5. The van der Waals surface area contributed by atoms with Gasteiger partial charge in [-0.2, -0.15) is 0 Å². The van der Waals surface area contributed by atoms with Gasteiger partial charge in [-0.05, 0) is 42.2 Å². The van der Waals surface area contributed by atoms with Crippen LogP contribution in [0.1, 0.15) is 76.0 Å². The molecule has 4 heterocycles. The van der Waals surface area contributed by atoms with Crippen LogP contribution in [0.5, 0.6) is 0 Å². The van der Waals surface area contributed by atoms with Crippen LogP contribution in [0.4, 0.5) is 0 Å². The van der Waals surface area contributed by atoms with Crippen LogP contribution >= 0.6 is 11.3 Å². The molecule has 186 valence electrons. The number of imidazole rings is 2. The average Bonchev–Trinajstić information content (AvgIpc) is 3.44. The summed E-state index contributed by atoms with van der Waals surface area (Å²) in [4.78, 5) is 36.2. The number of aromatic nitrogens is 5. The zero-order valence-electron chi connectivity index (χ0n) is 21.3. The summed E-state index contributed by atoms with van der Waals surface area (Å²) in [6.07, 6.45) is 6.47. The highest BCUT2D eigenvalue weighted by Gasteiger charge is 2.39. The third-order valence-electron chi connectivity index (χ3n) is 7.29. The van der Waals surface area contributed by atoms with Crippen molar-refractivity contribution in [2.75, 3.05) is 0 Å². The number of amides is 1. The van der Waals surface area contributed by atoms with Gasteiger partial charge in [0.05, 0.1) is 5.52 Å². The molecule has 1 N–H and O–H groups in total. The topological polar surface area (TPSA) is 86.2 Å². The Morgan fingerprint density at radius 3 is 2.74 bits per heavy atom. The number of carbonyl (C=O) groups excluding carboxylic acids is 1. The first kappa shape index (κ1) is 23.8. The highest BCUT2D eigenvalue weighted by molar-refractivity contribution is 7.15. The molecule has 5 rings (SSSR count). The molecule has 4 aromatic heterocycles. The van der Waals surface area contributed by atoms with Crippen molar-refractivity contribution in [3.8, 4) is 0 Å². The monoisotopic (exact) mass is 494 g/mol. The fraction of sp³-hybridized carbons (Fsp3) is 0.538. The van der Waals surface area contributed by atoms with E-state index < -0.39 is 0 Å². The molecule has 0 saturated heterocycles. The Morgan fingerprint density at radius 1 is 1.26 bits per heavy atom. The van der Waals surface area contributed by atoms with Gasteiger partial charge in [-0.3, -0.25) is 18.3 Å². The number of carbonyl (C=O) groups is 1. The van der Waals surface area contributed by atoms with Crippen LogP contribution in [0.15, 0.2) is 34.7 Å². The molecule has 0 radical (unpaired) electrons. The molecule has 1 fully saturated rings. The number of nitrogens with one attached hydrogen (secondary N) is 1. The number of thiazole rings is 1. The molecule has 1 amide bonds. The Kier molecular flexibility index (Phi) is 5.66. The van der Waals surface area contributed by atoms with E-state index in [1.807, 2.05) is 26.6 Å². The predicted octanol–water partition coefficient (Wildman–Crippen LogP) is 4.58. The molecule has 9 heteroatoms. The van der Waals surface area contributed by atoms with Crippen LogP contribution in [0.25, 0.3) is 16.1 Å². The van der Waals surface area contributed by atoms with E-state index in [0.717, 1.165) is 41.1 Å². The number of rotatable bonds is 4. The average molecular weight is 495 g/mol. The first-order valence-electron chi connectivity index (χ1n) is 12.2. The molecule has 0 spiro atoms. The summed E-state index contributed by atoms with van der Waals surface area (Å²) in [6, 6.07) is 4.10. The quantitative estimate of drug-likeness (QED) is 0.450. The summed E-state index contributed by atoms with van der Waals surface area (Å²) in [5, 5.41) is 5.22. The van der Waals surface area contributed by atoms with Gasteiger partial charge in [-0.15, -0.1) is 11.3 Å². The van der Waals surface area contributed by atoms with Gasteiger partial charge in [-0.1, -0.05) is 34.6 Å². The maximum absolute atomic E-state index is 13.0. The third-order valence-corrected chi connectivity index (χ3v) is 8.06. The fourth-order valence-electron chi connectivity index (χ4n) is 5.18. The van der Waals surface area contributed by atoms with Crippen LogP contribution in [0, 0.1) is 10.8 Å². The minimum Gasteiger partial charge on any atom is -0.347 e. The van der Waals surface area contributed by atoms with Gasteiger partial charge in [0.25, 0.3) is 5.91 Å². The van der Waals surface area contributed by atoms with Crippen LogP contribution in [-0.4, -0.2) is 35.5 Å². The summed E-state index contributed by atoms with van der Waals surface area (Å²) in [6.45, 7) is 11.5. The first-order chi connectivity index (χ1) is 16.4. The van der Waals surface area contributed by atoms with Crippen LogP contribution in [0.2, 0.25) is 0 Å². The largest absolute Gasteiger partial charge is 0.347 e. The van der Waals surface area contributed by atoms with Gasteiger partial charge in [0, 0.05) is 49.0 Å². The fourth-order valence-corrected chi connectivity index (χ4v) is 5.88. The summed E-state index contributed by atoms with van der Waals surface area (Å²) in [7, 11) is 1.79. The number of pyridine rings is 1. The number of hydrogen-bond donors (Lipinski definition) is 1. The Hall–Kier alpha value is -2.94. The lowest BCUT2D eigenvalue weighted by Gasteiger charge is -2.42. The normalized spacial score (nSPS) is 20.5. The third kappa shape index (κ3) is 4.42. The predicted molar refractivity (Wildman–Crippen MR) is 139 cm³/mol. The molecule has 4 aromatic rings. The van der Waals surface area contributed by atoms with Crippen molar-refractivity contribution in [3.05, 3.63) is 51.8 Å². The van der Waals surface area contributed by atoms with Gasteiger partial charge < -0.3 is 5.32 Å². The van der Waals surface area contributed by atoms with Crippen LogP contribution in [0.3, 0.4) is 0 Å². The molecule has 0 aromatic carbocycles. The Bertz CT molecular complexity index is 1440. The van der Waals surface area contributed by atoms with E-state index in [4.69, 9.17) is 4.98 Å². The van der Waals surface area contributed by atoms with Gasteiger partial charge in [0.15, 0.2) is 10.6 Å². The molecular weight excluding hydrogens is 460 g/mol. The van der Waals surface area contributed by atoms with E-state index >= 15 is 0 Å². The Labute approximate surface area is 209 Å². The van der Waals surface area contributed by atoms with Crippen molar-refractivity contribution in [1.29, 1.82) is 0 Å². The lowest BCUT2D eigenvalue weighted by atomic mass is 9.68. The summed E-state index contributed by atoms with van der Waals surface area (Å²) in [5.74, 6) is 0.0778. The maximum Gasteiger partial charge on any atom is 0.330 e. The SMILES string of the molecule is Cn1c(=O)n(CC(C)(C)C)c2ccc(C3CCC(C)(C)C(NC(=O)c4cn5ccsc5n4)C3)nc21. The molecule has 2 unspecified atom stereocenters. The number of nitrogens with zero attached hydrogens (tertiary/aromatic N) is 5. The summed E-state index contributed by atoms with van der Waals surface area (Å²) < 4.78 is 5.36. The molecule has 1 aliphatic rings. The molecule has 35 heavy (non-hydrogen) atoms. The second-order valence-electron chi connectivity index (χ2n) is 11.8. The second kappa shape index (κ2) is 8.33. The van der Waals surface area contributed by atoms with E-state index in [1.54, 1.807) is 17.8 Å². The van der Waals surface area contributed by atoms with Gasteiger partial charge in [0.1, 0.15) is 5.69 Å². The second-order valence-corrected chi connectivity index (χ2v) is 12.6. The maximum atomic E-state index is 13.0. The van der Waals surface area contributed by atoms with E-state index in [0.29, 0.717) is 12.2 Å². The van der Waals surface area contributed by atoms with Crippen LogP contribution in [-0.2, 0) is 13.6 Å². The molecule has 1 saturated carbocycles. The standard InChI is InChI=1S/C26H34N6O2S/c1-25(2,3)15-32-19-8-7-17(27-21(19)30(6)24(32)34)16-9-10-26(4,5)20(13-16)29-22(33)18-14-31-11-12-35-23(31)28-18/h7-8,11-12,14,16,20H,9-10,13,15H2,1-6H3,(H,29,33). The van der Waals surface area contributed by atoms with Crippen molar-refractivity contribution in [1.82, 2.24) is 28.8 Å². The molecule has 1 aliphatic carbocycles. The van der Waals surface area contributed by atoms with E-state index in [2.05, 4.69) is 51.0 Å².